The van der Waals surface area contributed by atoms with E-state index in [1.807, 2.05) is 20.8 Å². The highest BCUT2D eigenvalue weighted by Gasteiger charge is 2.16. The van der Waals surface area contributed by atoms with Crippen molar-refractivity contribution in [2.24, 2.45) is 0 Å². The lowest BCUT2D eigenvalue weighted by Gasteiger charge is -2.19. The summed E-state index contributed by atoms with van der Waals surface area (Å²) in [4.78, 5) is 15.3. The van der Waals surface area contributed by atoms with Crippen LogP contribution in [0.25, 0.3) is 0 Å². The number of carbonyl (C=O) groups excluding carboxylic acids is 1. The van der Waals surface area contributed by atoms with Crippen LogP contribution in [0.3, 0.4) is 0 Å². The van der Waals surface area contributed by atoms with Crippen LogP contribution in [0.5, 0.6) is 0 Å². The molecule has 1 rings (SSSR count). The Morgan fingerprint density at radius 1 is 1.64 bits per heavy atom. The minimum absolute atomic E-state index is 0.178. The monoisotopic (exact) mass is 260 g/mol. The lowest BCUT2D eigenvalue weighted by atomic mass is 10.2. The minimum atomic E-state index is -0.440. The summed E-state index contributed by atoms with van der Waals surface area (Å²) < 4.78 is 7.46. The Labute approximate surface area is 91.4 Å². The Morgan fingerprint density at radius 2 is 2.29 bits per heavy atom. The first kappa shape index (κ1) is 11.2. The number of hydrogen-bond donors (Lipinski definition) is 0. The van der Waals surface area contributed by atoms with Crippen molar-refractivity contribution < 1.29 is 9.53 Å². The van der Waals surface area contributed by atoms with E-state index in [0.29, 0.717) is 4.73 Å². The molecule has 0 unspecified atom stereocenters. The normalized spacial score (nSPS) is 11.4. The largest absolute Gasteiger partial charge is 0.459 e. The Balaban J connectivity index is 2.54. The molecule has 0 spiro atoms. The number of hydrogen-bond acceptors (Lipinski definition) is 3. The van der Waals surface area contributed by atoms with Gasteiger partial charge >= 0.3 is 5.97 Å². The summed E-state index contributed by atoms with van der Waals surface area (Å²) in [5.41, 5.74) is -0.440. The van der Waals surface area contributed by atoms with Gasteiger partial charge in [-0.15, -0.1) is 0 Å². The van der Waals surface area contributed by atoms with E-state index in [0.717, 1.165) is 0 Å². The topological polar surface area (TPSA) is 44.1 Å². The van der Waals surface area contributed by atoms with Crippen molar-refractivity contribution in [3.63, 3.8) is 0 Å². The first-order valence-corrected chi connectivity index (χ1v) is 5.06. The fraction of sp³-hybridized carbons (Fsp3) is 0.556. The number of nitrogens with zero attached hydrogens (tertiary/aromatic N) is 2. The van der Waals surface area contributed by atoms with Crippen molar-refractivity contribution in [1.29, 1.82) is 0 Å². The molecular weight excluding hydrogens is 248 g/mol. The van der Waals surface area contributed by atoms with Crippen LogP contribution in [0.1, 0.15) is 20.8 Å². The smallest absolute Gasteiger partial charge is 0.326 e. The van der Waals surface area contributed by atoms with Crippen molar-refractivity contribution in [1.82, 2.24) is 9.55 Å². The molecule has 0 saturated heterocycles. The molecule has 78 valence electrons. The molecule has 0 aliphatic carbocycles. The third kappa shape index (κ3) is 3.49. The fourth-order valence-electron chi connectivity index (χ4n) is 0.942. The van der Waals surface area contributed by atoms with Gasteiger partial charge < -0.3 is 9.30 Å². The molecule has 4 nitrogen and oxygen atoms in total. The predicted octanol–water partition coefficient (Wildman–Crippen LogP) is 1.99. The van der Waals surface area contributed by atoms with Gasteiger partial charge in [0.1, 0.15) is 12.1 Å². The maximum atomic E-state index is 11.4. The highest BCUT2D eigenvalue weighted by Crippen LogP contribution is 2.10. The van der Waals surface area contributed by atoms with Crippen molar-refractivity contribution in [2.45, 2.75) is 32.9 Å². The number of imidazole rings is 1. The van der Waals surface area contributed by atoms with E-state index < -0.39 is 5.60 Å². The van der Waals surface area contributed by atoms with Gasteiger partial charge in [0.2, 0.25) is 0 Å². The van der Waals surface area contributed by atoms with Gasteiger partial charge in [-0.05, 0) is 36.7 Å². The van der Waals surface area contributed by atoms with Gasteiger partial charge in [-0.3, -0.25) is 4.79 Å². The molecule has 0 radical (unpaired) electrons. The molecule has 1 heterocycles. The Kier molecular flexibility index (Phi) is 3.31. The van der Waals surface area contributed by atoms with Gasteiger partial charge in [-0.2, -0.15) is 0 Å². The molecule has 0 atom stereocenters. The van der Waals surface area contributed by atoms with Gasteiger partial charge in [0.05, 0.1) is 0 Å². The zero-order valence-electron chi connectivity index (χ0n) is 8.45. The SMILES string of the molecule is CC(C)(C)OC(=O)Cn1ccnc1Br. The molecule has 0 saturated carbocycles. The fourth-order valence-corrected chi connectivity index (χ4v) is 1.30. The minimum Gasteiger partial charge on any atom is -0.459 e. The van der Waals surface area contributed by atoms with Gasteiger partial charge in [0, 0.05) is 12.4 Å². The summed E-state index contributed by atoms with van der Waals surface area (Å²) in [5, 5.41) is 0. The van der Waals surface area contributed by atoms with Crippen LogP contribution >= 0.6 is 15.9 Å². The lowest BCUT2D eigenvalue weighted by Crippen LogP contribution is -2.26. The lowest BCUT2D eigenvalue weighted by molar-refractivity contribution is -0.155. The molecule has 0 aliphatic rings. The van der Waals surface area contributed by atoms with Crippen LogP contribution in [0.2, 0.25) is 0 Å². The van der Waals surface area contributed by atoms with E-state index in [9.17, 15) is 4.79 Å². The Hall–Kier alpha value is -0.840. The van der Waals surface area contributed by atoms with E-state index in [1.54, 1.807) is 17.0 Å². The third-order valence-corrected chi connectivity index (χ3v) is 2.04. The number of ether oxygens (including phenoxy) is 1. The summed E-state index contributed by atoms with van der Waals surface area (Å²) in [6, 6.07) is 0. The molecule has 1 aromatic heterocycles. The van der Waals surface area contributed by atoms with Crippen molar-refractivity contribution >= 4 is 21.9 Å². The molecular formula is C9H13BrN2O2. The van der Waals surface area contributed by atoms with Crippen molar-refractivity contribution in [3.8, 4) is 0 Å². The van der Waals surface area contributed by atoms with Crippen LogP contribution in [0, 0.1) is 0 Å². The zero-order chi connectivity index (χ0) is 10.8. The van der Waals surface area contributed by atoms with Crippen molar-refractivity contribution in [3.05, 3.63) is 17.1 Å². The highest BCUT2D eigenvalue weighted by atomic mass is 79.9. The first-order valence-electron chi connectivity index (χ1n) is 4.27. The van der Waals surface area contributed by atoms with Gasteiger partial charge in [-0.25, -0.2) is 4.98 Å². The maximum absolute atomic E-state index is 11.4. The molecule has 1 aromatic rings. The zero-order valence-corrected chi connectivity index (χ0v) is 10.0. The summed E-state index contributed by atoms with van der Waals surface area (Å²) in [5.74, 6) is -0.267. The molecule has 0 fully saturated rings. The number of halogens is 1. The summed E-state index contributed by atoms with van der Waals surface area (Å²) >= 11 is 3.22. The van der Waals surface area contributed by atoms with Crippen molar-refractivity contribution in [2.75, 3.05) is 0 Å². The van der Waals surface area contributed by atoms with E-state index in [-0.39, 0.29) is 12.5 Å². The Morgan fingerprint density at radius 3 is 2.71 bits per heavy atom. The molecule has 0 N–H and O–H groups in total. The summed E-state index contributed by atoms with van der Waals surface area (Å²) in [7, 11) is 0. The quantitative estimate of drug-likeness (QED) is 0.764. The molecule has 0 aliphatic heterocycles. The number of esters is 1. The molecule has 14 heavy (non-hydrogen) atoms. The molecule has 0 aromatic carbocycles. The molecule has 0 bridgehead atoms. The maximum Gasteiger partial charge on any atom is 0.326 e. The van der Waals surface area contributed by atoms with Crippen LogP contribution in [-0.4, -0.2) is 21.1 Å². The third-order valence-electron chi connectivity index (χ3n) is 1.38. The van der Waals surface area contributed by atoms with E-state index in [2.05, 4.69) is 20.9 Å². The van der Waals surface area contributed by atoms with E-state index in [4.69, 9.17) is 4.74 Å². The van der Waals surface area contributed by atoms with Gasteiger partial charge in [0.25, 0.3) is 0 Å². The van der Waals surface area contributed by atoms with Crippen LogP contribution in [0.15, 0.2) is 17.1 Å². The van der Waals surface area contributed by atoms with Crippen LogP contribution < -0.4 is 0 Å². The standard InChI is InChI=1S/C9H13BrN2O2/c1-9(2,3)14-7(13)6-12-5-4-11-8(12)10/h4-5H,6H2,1-3H3. The molecule has 0 amide bonds. The summed E-state index contributed by atoms with van der Waals surface area (Å²) in [6.45, 7) is 5.70. The second-order valence-electron chi connectivity index (χ2n) is 3.91. The summed E-state index contributed by atoms with van der Waals surface area (Å²) in [6.07, 6.45) is 3.34. The second kappa shape index (κ2) is 4.13. The first-order chi connectivity index (χ1) is 6.38. The molecule has 5 heteroatoms. The highest BCUT2D eigenvalue weighted by molar-refractivity contribution is 9.10. The average Bonchev–Trinajstić information content (AvgIpc) is 2.32. The van der Waals surface area contributed by atoms with E-state index >= 15 is 0 Å². The predicted molar refractivity (Wildman–Crippen MR) is 55.8 cm³/mol. The number of rotatable bonds is 2. The van der Waals surface area contributed by atoms with Gasteiger partial charge in [-0.1, -0.05) is 0 Å². The number of carbonyl (C=O) groups is 1. The second-order valence-corrected chi connectivity index (χ2v) is 4.62. The average molecular weight is 261 g/mol. The Bertz CT molecular complexity index is 328. The van der Waals surface area contributed by atoms with Crippen LogP contribution in [-0.2, 0) is 16.1 Å². The van der Waals surface area contributed by atoms with E-state index in [1.165, 1.54) is 0 Å². The van der Waals surface area contributed by atoms with Gasteiger partial charge in [0.15, 0.2) is 4.73 Å². The van der Waals surface area contributed by atoms with Crippen LogP contribution in [0.4, 0.5) is 0 Å². The number of aromatic nitrogens is 2.